The summed E-state index contributed by atoms with van der Waals surface area (Å²) in [6.45, 7) is 0. The average Bonchev–Trinajstić information content (AvgIpc) is 3.86. The van der Waals surface area contributed by atoms with Crippen LogP contribution in [-0.2, 0) is 0 Å². The van der Waals surface area contributed by atoms with Crippen LogP contribution in [0.2, 0.25) is 0 Å². The summed E-state index contributed by atoms with van der Waals surface area (Å²) in [7, 11) is 0. The Morgan fingerprint density at radius 2 is 0.824 bits per heavy atom. The van der Waals surface area contributed by atoms with Crippen molar-refractivity contribution in [3.8, 4) is 22.3 Å². The molecule has 3 heteroatoms. The van der Waals surface area contributed by atoms with Crippen molar-refractivity contribution < 1.29 is 4.42 Å². The van der Waals surface area contributed by atoms with Gasteiger partial charge in [0.05, 0.1) is 0 Å². The highest BCUT2D eigenvalue weighted by Crippen LogP contribution is 2.47. The lowest BCUT2D eigenvalue weighted by Crippen LogP contribution is -1.90. The Hall–Kier alpha value is -6.00. The minimum atomic E-state index is 0.916. The van der Waals surface area contributed by atoms with Crippen LogP contribution >= 0.6 is 22.7 Å². The van der Waals surface area contributed by atoms with Crippen molar-refractivity contribution >= 4 is 117 Å². The molecule has 0 aliphatic heterocycles. The van der Waals surface area contributed by atoms with Gasteiger partial charge in [-0.25, -0.2) is 0 Å². The summed E-state index contributed by atoms with van der Waals surface area (Å²) in [5.74, 6) is 0. The topological polar surface area (TPSA) is 13.1 Å². The number of fused-ring (bicyclic) bond motifs is 13. The molecule has 1 nitrogen and oxygen atoms in total. The molecule has 0 unspecified atom stereocenters. The van der Waals surface area contributed by atoms with E-state index < -0.39 is 0 Å². The van der Waals surface area contributed by atoms with Crippen LogP contribution in [0.3, 0.4) is 0 Å². The van der Waals surface area contributed by atoms with E-state index in [4.69, 9.17) is 4.42 Å². The zero-order valence-corrected chi connectivity index (χ0v) is 28.9. The number of rotatable bonds is 2. The monoisotopic (exact) mass is 682 g/mol. The van der Waals surface area contributed by atoms with Gasteiger partial charge in [-0.2, -0.15) is 0 Å². The fraction of sp³-hybridized carbons (Fsp3) is 0. The molecule has 0 aliphatic carbocycles. The van der Waals surface area contributed by atoms with Crippen molar-refractivity contribution in [3.05, 3.63) is 158 Å². The van der Waals surface area contributed by atoms with E-state index in [0.717, 1.165) is 22.1 Å². The smallest absolute Gasteiger partial charge is 0.136 e. The van der Waals surface area contributed by atoms with Gasteiger partial charge in [-0.15, -0.1) is 22.7 Å². The predicted molar refractivity (Wildman–Crippen MR) is 223 cm³/mol. The molecule has 0 bridgehead atoms. The van der Waals surface area contributed by atoms with Gasteiger partial charge in [0, 0.05) is 51.1 Å². The number of benzene rings is 9. The highest BCUT2D eigenvalue weighted by atomic mass is 32.1. The van der Waals surface area contributed by atoms with Crippen LogP contribution in [0.5, 0.6) is 0 Å². The number of thiophene rings is 2. The van der Waals surface area contributed by atoms with Crippen LogP contribution < -0.4 is 0 Å². The Balaban J connectivity index is 1.09. The van der Waals surface area contributed by atoms with Crippen molar-refractivity contribution in [2.75, 3.05) is 0 Å². The molecule has 0 N–H and O–H groups in total. The third kappa shape index (κ3) is 3.90. The highest BCUT2D eigenvalue weighted by Gasteiger charge is 2.19. The maximum absolute atomic E-state index is 6.68. The Bertz CT molecular complexity index is 3370. The summed E-state index contributed by atoms with van der Waals surface area (Å²) in [6.07, 6.45) is 0. The first-order valence-electron chi connectivity index (χ1n) is 17.3. The molecule has 12 rings (SSSR count). The number of hydrogen-bond acceptors (Lipinski definition) is 3. The Morgan fingerprint density at radius 3 is 1.47 bits per heavy atom. The lowest BCUT2D eigenvalue weighted by molar-refractivity contribution is 0.669. The molecule has 9 aromatic carbocycles. The molecule has 0 radical (unpaired) electrons. The van der Waals surface area contributed by atoms with Crippen molar-refractivity contribution in [1.29, 1.82) is 0 Å². The van der Waals surface area contributed by atoms with E-state index in [0.29, 0.717) is 0 Å². The van der Waals surface area contributed by atoms with E-state index >= 15 is 0 Å². The maximum Gasteiger partial charge on any atom is 0.136 e. The first kappa shape index (κ1) is 27.8. The van der Waals surface area contributed by atoms with Gasteiger partial charge in [0.25, 0.3) is 0 Å². The van der Waals surface area contributed by atoms with Crippen molar-refractivity contribution in [3.63, 3.8) is 0 Å². The molecule has 0 spiro atoms. The van der Waals surface area contributed by atoms with Gasteiger partial charge in [-0.05, 0) is 103 Å². The third-order valence-corrected chi connectivity index (χ3v) is 13.1. The van der Waals surface area contributed by atoms with E-state index in [9.17, 15) is 0 Å². The van der Waals surface area contributed by atoms with Gasteiger partial charge in [-0.3, -0.25) is 0 Å². The van der Waals surface area contributed by atoms with Gasteiger partial charge in [0.1, 0.15) is 11.2 Å². The van der Waals surface area contributed by atoms with Crippen LogP contribution in [-0.4, -0.2) is 0 Å². The fourth-order valence-electron chi connectivity index (χ4n) is 8.61. The molecule has 0 saturated heterocycles. The Kier molecular flexibility index (Phi) is 5.59. The van der Waals surface area contributed by atoms with Gasteiger partial charge >= 0.3 is 0 Å². The summed E-state index contributed by atoms with van der Waals surface area (Å²) in [5.41, 5.74) is 6.79. The SMILES string of the molecule is c1ccc2c(c1)sc1cc(-c3c4ccccc4c(-c4ccc5c(c4)oc4ccc6cc7c(cc6c45)sc4ccccc47)c4ccccc34)ccc12. The van der Waals surface area contributed by atoms with E-state index in [-0.39, 0.29) is 0 Å². The summed E-state index contributed by atoms with van der Waals surface area (Å²) >= 11 is 3.74. The third-order valence-electron chi connectivity index (χ3n) is 10.8. The van der Waals surface area contributed by atoms with Crippen LogP contribution in [0.25, 0.3) is 117 Å². The van der Waals surface area contributed by atoms with Crippen molar-refractivity contribution in [1.82, 2.24) is 0 Å². The molecular formula is C48H26OS2. The largest absolute Gasteiger partial charge is 0.456 e. The number of hydrogen-bond donors (Lipinski definition) is 0. The Morgan fingerprint density at radius 1 is 0.314 bits per heavy atom. The Labute approximate surface area is 300 Å². The quantitative estimate of drug-likeness (QED) is 0.165. The van der Waals surface area contributed by atoms with Crippen LogP contribution in [0, 0.1) is 0 Å². The second kappa shape index (κ2) is 10.3. The van der Waals surface area contributed by atoms with E-state index in [1.807, 2.05) is 22.7 Å². The minimum Gasteiger partial charge on any atom is -0.456 e. The fourth-order valence-corrected chi connectivity index (χ4v) is 10.9. The molecule has 0 amide bonds. The molecule has 0 atom stereocenters. The van der Waals surface area contributed by atoms with Gasteiger partial charge in [0.2, 0.25) is 0 Å². The normalized spacial score (nSPS) is 12.3. The second-order valence-corrected chi connectivity index (χ2v) is 15.7. The van der Waals surface area contributed by atoms with Crippen LogP contribution in [0.4, 0.5) is 0 Å². The van der Waals surface area contributed by atoms with Crippen LogP contribution in [0.15, 0.2) is 162 Å². The molecule has 51 heavy (non-hydrogen) atoms. The van der Waals surface area contributed by atoms with Gasteiger partial charge in [-0.1, -0.05) is 109 Å². The summed E-state index contributed by atoms with van der Waals surface area (Å²) in [4.78, 5) is 0. The summed E-state index contributed by atoms with van der Waals surface area (Å²) in [6, 6.07) is 58.2. The summed E-state index contributed by atoms with van der Waals surface area (Å²) in [5, 5.41) is 15.1. The molecule has 0 aliphatic rings. The van der Waals surface area contributed by atoms with Gasteiger partial charge in [0.15, 0.2) is 0 Å². The minimum absolute atomic E-state index is 0.916. The first-order valence-corrected chi connectivity index (χ1v) is 19.0. The molecule has 3 heterocycles. The zero-order valence-electron chi connectivity index (χ0n) is 27.2. The van der Waals surface area contributed by atoms with E-state index in [2.05, 4.69) is 158 Å². The van der Waals surface area contributed by atoms with E-state index in [1.165, 1.54) is 94.7 Å². The zero-order chi connectivity index (χ0) is 33.2. The first-order chi connectivity index (χ1) is 25.3. The second-order valence-electron chi connectivity index (χ2n) is 13.6. The molecule has 12 aromatic rings. The molecule has 0 fully saturated rings. The van der Waals surface area contributed by atoms with Gasteiger partial charge < -0.3 is 4.42 Å². The lowest BCUT2D eigenvalue weighted by atomic mass is 9.85. The molecule has 0 saturated carbocycles. The maximum atomic E-state index is 6.68. The summed E-state index contributed by atoms with van der Waals surface area (Å²) < 4.78 is 12.0. The highest BCUT2D eigenvalue weighted by molar-refractivity contribution is 7.26. The number of furan rings is 1. The molecular weight excluding hydrogens is 657 g/mol. The average molecular weight is 683 g/mol. The van der Waals surface area contributed by atoms with Crippen molar-refractivity contribution in [2.24, 2.45) is 0 Å². The molecule has 3 aromatic heterocycles. The van der Waals surface area contributed by atoms with Crippen LogP contribution in [0.1, 0.15) is 0 Å². The lowest BCUT2D eigenvalue weighted by Gasteiger charge is -2.17. The molecule has 236 valence electrons. The standard InChI is InChI=1S/C48H26OS2/c1-3-13-35-33(11-1)46(34-12-2-4-14-36(34)47(35)29-17-20-32-30-9-5-7-15-42(30)50-44(32)25-29)28-18-21-37-41(24-28)49-40-22-19-27-23-39-31-10-6-8-16-43(31)51-45(39)26-38(27)48(37)40/h1-26H. The van der Waals surface area contributed by atoms with Crippen molar-refractivity contribution in [2.45, 2.75) is 0 Å². The van der Waals surface area contributed by atoms with E-state index in [1.54, 1.807) is 0 Å². The predicted octanol–water partition coefficient (Wildman–Crippen LogP) is 15.1.